The number of hydrogen-bond acceptors (Lipinski definition) is 10. The third kappa shape index (κ3) is 9.43. The van der Waals surface area contributed by atoms with Crippen LogP contribution in [0.4, 0.5) is 10.5 Å². The molecule has 0 spiro atoms. The summed E-state index contributed by atoms with van der Waals surface area (Å²) in [6.07, 6.45) is 3.79. The first-order valence-electron chi connectivity index (χ1n) is 17.4. The van der Waals surface area contributed by atoms with Gasteiger partial charge in [-0.1, -0.05) is 42.3 Å². The van der Waals surface area contributed by atoms with E-state index in [1.54, 1.807) is 20.9 Å². The van der Waals surface area contributed by atoms with Crippen LogP contribution in [0.25, 0.3) is 0 Å². The quantitative estimate of drug-likeness (QED) is 0.294. The number of hydrogen-bond donors (Lipinski definition) is 2. The normalized spacial score (nSPS) is 30.6. The topological polar surface area (TPSA) is 150 Å². The molecule has 0 unspecified atom stereocenters. The average molecular weight is 733 g/mol. The standard InChI is InChI=1S/C37H53ClN4O9/c1-10-25-13-11-12-22(2)16-24-17-27(33(38)28(18-24)48-9)42(8)32(44)20-29(50-34(45)23(3)41(7)31(43)14-15-40(5)6)36(4)30(51-36)19-26-21-37(25,47)39-35(46)49-26/h11-13,17-18,23,25-26,29-30,47H,10,14-16,19-21H2,1-9H3,(H,39,46)/b13-11+,22-12+/t23-,25+,26+,29+,30-,36-,37-/m0/s1. The smallest absolute Gasteiger partial charge is 0.409 e. The molecule has 3 heterocycles. The molecule has 4 rings (SSSR count). The Morgan fingerprint density at radius 1 is 1.24 bits per heavy atom. The predicted octanol–water partition coefficient (Wildman–Crippen LogP) is 4.23. The minimum Gasteiger partial charge on any atom is -0.495 e. The fourth-order valence-corrected chi connectivity index (χ4v) is 6.96. The van der Waals surface area contributed by atoms with Crippen LogP contribution in [0, 0.1) is 5.92 Å². The van der Waals surface area contributed by atoms with Crippen LogP contribution in [-0.2, 0) is 35.0 Å². The van der Waals surface area contributed by atoms with E-state index in [9.17, 15) is 24.3 Å². The highest BCUT2D eigenvalue weighted by Gasteiger charge is 2.61. The number of epoxide rings is 1. The number of halogens is 1. The number of benzene rings is 1. The average Bonchev–Trinajstić information content (AvgIpc) is 3.72. The third-order valence-electron chi connectivity index (χ3n) is 10.2. The van der Waals surface area contributed by atoms with Crippen LogP contribution >= 0.6 is 11.6 Å². The molecule has 2 fully saturated rings. The number of carbonyl (C=O) groups is 4. The monoisotopic (exact) mass is 732 g/mol. The molecule has 3 aliphatic heterocycles. The van der Waals surface area contributed by atoms with E-state index < -0.39 is 59.6 Å². The number of nitrogens with one attached hydrogen (secondary N) is 1. The zero-order chi connectivity index (χ0) is 37.8. The highest BCUT2D eigenvalue weighted by atomic mass is 35.5. The summed E-state index contributed by atoms with van der Waals surface area (Å²) in [4.78, 5) is 57.9. The lowest BCUT2D eigenvalue weighted by Gasteiger charge is -2.41. The molecular formula is C37H53ClN4O9. The number of aliphatic hydroxyl groups is 1. The van der Waals surface area contributed by atoms with E-state index in [0.29, 0.717) is 30.8 Å². The van der Waals surface area contributed by atoms with Crippen LogP contribution in [0.5, 0.6) is 5.75 Å². The van der Waals surface area contributed by atoms with Crippen molar-refractivity contribution in [3.05, 3.63) is 46.5 Å². The van der Waals surface area contributed by atoms with E-state index in [0.717, 1.165) is 11.1 Å². The molecule has 0 radical (unpaired) electrons. The summed E-state index contributed by atoms with van der Waals surface area (Å²) >= 11 is 6.75. The van der Waals surface area contributed by atoms with Gasteiger partial charge in [0.05, 0.1) is 25.3 Å². The number of amides is 3. The number of nitrogens with zero attached hydrogens (tertiary/aromatic N) is 3. The number of allylic oxidation sites excluding steroid dienone is 3. The van der Waals surface area contributed by atoms with Gasteiger partial charge in [-0.2, -0.15) is 0 Å². The second-order valence-electron chi connectivity index (χ2n) is 14.3. The largest absolute Gasteiger partial charge is 0.495 e. The van der Waals surface area contributed by atoms with Gasteiger partial charge in [0.15, 0.2) is 0 Å². The van der Waals surface area contributed by atoms with Gasteiger partial charge < -0.3 is 38.8 Å². The molecular weight excluding hydrogens is 680 g/mol. The lowest BCUT2D eigenvalue weighted by atomic mass is 9.84. The van der Waals surface area contributed by atoms with Crippen LogP contribution < -0.4 is 15.0 Å². The van der Waals surface area contributed by atoms with Gasteiger partial charge in [0, 0.05) is 45.8 Å². The lowest BCUT2D eigenvalue weighted by Crippen LogP contribution is -2.60. The highest BCUT2D eigenvalue weighted by molar-refractivity contribution is 6.35. The number of ether oxygens (including phenoxy) is 4. The van der Waals surface area contributed by atoms with Crippen molar-refractivity contribution < 1.29 is 43.2 Å². The van der Waals surface area contributed by atoms with Crippen molar-refractivity contribution in [2.75, 3.05) is 46.7 Å². The van der Waals surface area contributed by atoms with Gasteiger partial charge in [-0.15, -0.1) is 0 Å². The number of esters is 1. The summed E-state index contributed by atoms with van der Waals surface area (Å²) in [5.74, 6) is -1.37. The maximum atomic E-state index is 14.0. The van der Waals surface area contributed by atoms with E-state index >= 15 is 0 Å². The number of methoxy groups -OCH3 is 1. The van der Waals surface area contributed by atoms with Crippen molar-refractivity contribution in [3.8, 4) is 5.75 Å². The molecule has 14 heteroatoms. The van der Waals surface area contributed by atoms with E-state index in [4.69, 9.17) is 30.5 Å². The van der Waals surface area contributed by atoms with Gasteiger partial charge in [0.25, 0.3) is 0 Å². The molecule has 51 heavy (non-hydrogen) atoms. The number of carbonyl (C=O) groups excluding carboxylic acids is 4. The third-order valence-corrected chi connectivity index (χ3v) is 10.6. The number of likely N-dealkylation sites (N-methyl/N-ethyl adjacent to an activating group) is 1. The lowest BCUT2D eigenvalue weighted by molar-refractivity contribution is -0.162. The van der Waals surface area contributed by atoms with Crippen LogP contribution in [0.1, 0.15) is 65.4 Å². The van der Waals surface area contributed by atoms with Crippen molar-refractivity contribution in [3.63, 3.8) is 0 Å². The zero-order valence-corrected chi connectivity index (χ0v) is 31.9. The van der Waals surface area contributed by atoms with Gasteiger partial charge in [0.1, 0.15) is 40.3 Å². The minimum atomic E-state index is -1.58. The maximum Gasteiger partial charge on any atom is 0.409 e. The first-order valence-corrected chi connectivity index (χ1v) is 17.8. The minimum absolute atomic E-state index is 0.0906. The molecule has 1 aromatic rings. The Balaban J connectivity index is 1.72. The fourth-order valence-electron chi connectivity index (χ4n) is 6.65. The Labute approximate surface area is 305 Å². The fraction of sp³-hybridized carbons (Fsp3) is 0.622. The van der Waals surface area contributed by atoms with Crippen LogP contribution in [0.2, 0.25) is 5.02 Å². The van der Waals surface area contributed by atoms with E-state index in [1.807, 2.05) is 63.2 Å². The molecule has 2 saturated heterocycles. The summed E-state index contributed by atoms with van der Waals surface area (Å²) in [6, 6.07) is 2.69. The molecule has 3 aliphatic rings. The Hall–Kier alpha value is -3.65. The molecule has 4 bridgehead atoms. The molecule has 3 amide bonds. The Kier molecular flexibility index (Phi) is 12.9. The van der Waals surface area contributed by atoms with Crippen LogP contribution in [0.15, 0.2) is 35.9 Å². The van der Waals surface area contributed by atoms with Gasteiger partial charge in [0.2, 0.25) is 11.8 Å². The van der Waals surface area contributed by atoms with Gasteiger partial charge in [-0.3, -0.25) is 14.9 Å². The first kappa shape index (κ1) is 40.1. The van der Waals surface area contributed by atoms with Gasteiger partial charge >= 0.3 is 12.1 Å². The molecule has 0 aromatic heterocycles. The number of alkyl carbamates (subject to hydrolysis) is 1. The van der Waals surface area contributed by atoms with Crippen molar-refractivity contribution in [2.45, 2.75) is 102 Å². The van der Waals surface area contributed by atoms with E-state index in [2.05, 4.69) is 5.32 Å². The van der Waals surface area contributed by atoms with Crippen molar-refractivity contribution in [1.29, 1.82) is 0 Å². The van der Waals surface area contributed by atoms with E-state index in [-0.39, 0.29) is 36.6 Å². The molecule has 7 atom stereocenters. The van der Waals surface area contributed by atoms with E-state index in [1.165, 1.54) is 24.0 Å². The summed E-state index contributed by atoms with van der Waals surface area (Å²) < 4.78 is 23.4. The molecule has 0 aliphatic carbocycles. The Morgan fingerprint density at radius 3 is 2.59 bits per heavy atom. The number of rotatable bonds is 8. The van der Waals surface area contributed by atoms with Crippen molar-refractivity contribution in [1.82, 2.24) is 15.1 Å². The molecule has 2 N–H and O–H groups in total. The SMILES string of the molecule is CC[C@@H]1/C=C/C=C(\C)Cc2cc(OC)c(Cl)c(c2)N(C)C(=O)C[C@@H](OC(=O)[C@H](C)N(C)C(=O)CCN(C)C)[C@]2(C)O[C@H]2C[C@@H]2C[C@@]1(O)NC(=O)O2. The number of anilines is 1. The summed E-state index contributed by atoms with van der Waals surface area (Å²) in [7, 11) is 8.34. The Bertz CT molecular complexity index is 1550. The molecule has 0 saturated carbocycles. The summed E-state index contributed by atoms with van der Waals surface area (Å²) in [5, 5.41) is 14.6. The van der Waals surface area contributed by atoms with Crippen molar-refractivity contribution >= 4 is 41.2 Å². The Morgan fingerprint density at radius 2 is 1.94 bits per heavy atom. The van der Waals surface area contributed by atoms with Gasteiger partial charge in [-0.05, 0) is 65.4 Å². The molecule has 13 nitrogen and oxygen atoms in total. The summed E-state index contributed by atoms with van der Waals surface area (Å²) in [6.45, 7) is 7.71. The zero-order valence-electron chi connectivity index (χ0n) is 31.2. The first-order chi connectivity index (χ1) is 23.9. The van der Waals surface area contributed by atoms with Crippen molar-refractivity contribution in [2.24, 2.45) is 5.92 Å². The predicted molar refractivity (Wildman–Crippen MR) is 193 cm³/mol. The number of fused-ring (bicyclic) bond motifs is 5. The second-order valence-corrected chi connectivity index (χ2v) is 14.7. The summed E-state index contributed by atoms with van der Waals surface area (Å²) in [5.41, 5.74) is -0.483. The highest BCUT2D eigenvalue weighted by Crippen LogP contribution is 2.47. The molecule has 1 aromatic carbocycles. The second kappa shape index (κ2) is 16.4. The maximum absolute atomic E-state index is 14.0. The van der Waals surface area contributed by atoms with Crippen LogP contribution in [0.3, 0.4) is 0 Å². The van der Waals surface area contributed by atoms with Gasteiger partial charge in [-0.25, -0.2) is 9.59 Å². The van der Waals surface area contributed by atoms with Crippen LogP contribution in [-0.4, -0.2) is 116 Å². The molecule has 282 valence electrons.